The molecule has 0 aromatic carbocycles. The van der Waals surface area contributed by atoms with E-state index in [0.717, 1.165) is 43.7 Å². The number of furan rings is 1. The standard InChI is InChI=1S/C13H20N2O2/c1-3-15(4-2)13(16)14-11-6-5-7-12-10(11)8-9-17-12/h8-9,11H,3-7H2,1-2H3,(H,14,16)/t11-/m0/s1. The molecule has 0 saturated heterocycles. The second-order valence-electron chi connectivity index (χ2n) is 4.37. The van der Waals surface area contributed by atoms with Crippen molar-refractivity contribution in [3.8, 4) is 0 Å². The third kappa shape index (κ3) is 2.46. The molecule has 0 bridgehead atoms. The van der Waals surface area contributed by atoms with Crippen LogP contribution in [0.4, 0.5) is 4.79 Å². The summed E-state index contributed by atoms with van der Waals surface area (Å²) in [6.45, 7) is 5.47. The number of nitrogens with zero attached hydrogens (tertiary/aromatic N) is 1. The molecule has 0 unspecified atom stereocenters. The van der Waals surface area contributed by atoms with Gasteiger partial charge in [0, 0.05) is 25.1 Å². The van der Waals surface area contributed by atoms with Gasteiger partial charge < -0.3 is 14.6 Å². The van der Waals surface area contributed by atoms with Crippen LogP contribution in [0.25, 0.3) is 0 Å². The van der Waals surface area contributed by atoms with Gasteiger partial charge >= 0.3 is 6.03 Å². The third-order valence-corrected chi connectivity index (χ3v) is 3.40. The highest BCUT2D eigenvalue weighted by atomic mass is 16.3. The zero-order valence-corrected chi connectivity index (χ0v) is 10.5. The summed E-state index contributed by atoms with van der Waals surface area (Å²) in [4.78, 5) is 13.8. The topological polar surface area (TPSA) is 45.5 Å². The molecule has 1 atom stereocenters. The number of fused-ring (bicyclic) bond motifs is 1. The average molecular weight is 236 g/mol. The molecule has 1 aliphatic carbocycles. The molecule has 94 valence electrons. The summed E-state index contributed by atoms with van der Waals surface area (Å²) in [5.74, 6) is 1.03. The van der Waals surface area contributed by atoms with Crippen molar-refractivity contribution >= 4 is 6.03 Å². The second-order valence-corrected chi connectivity index (χ2v) is 4.37. The first-order chi connectivity index (χ1) is 8.26. The van der Waals surface area contributed by atoms with Gasteiger partial charge in [-0.15, -0.1) is 0 Å². The lowest BCUT2D eigenvalue weighted by molar-refractivity contribution is 0.197. The van der Waals surface area contributed by atoms with Gasteiger partial charge in [0.15, 0.2) is 0 Å². The maximum absolute atomic E-state index is 12.0. The highest BCUT2D eigenvalue weighted by Gasteiger charge is 2.25. The number of carbonyl (C=O) groups excluding carboxylic acids is 1. The van der Waals surface area contributed by atoms with E-state index in [2.05, 4.69) is 5.32 Å². The largest absolute Gasteiger partial charge is 0.469 e. The van der Waals surface area contributed by atoms with Crippen molar-refractivity contribution in [3.05, 3.63) is 23.7 Å². The molecular formula is C13H20N2O2. The Morgan fingerprint density at radius 1 is 1.53 bits per heavy atom. The fourth-order valence-corrected chi connectivity index (χ4v) is 2.39. The van der Waals surface area contributed by atoms with Crippen LogP contribution in [0.1, 0.15) is 44.1 Å². The van der Waals surface area contributed by atoms with Crippen molar-refractivity contribution in [1.29, 1.82) is 0 Å². The van der Waals surface area contributed by atoms with Crippen molar-refractivity contribution in [1.82, 2.24) is 10.2 Å². The minimum Gasteiger partial charge on any atom is -0.469 e. The zero-order chi connectivity index (χ0) is 12.3. The van der Waals surface area contributed by atoms with Crippen molar-refractivity contribution < 1.29 is 9.21 Å². The van der Waals surface area contributed by atoms with Crippen molar-refractivity contribution in [2.45, 2.75) is 39.2 Å². The van der Waals surface area contributed by atoms with Crippen LogP contribution in [-0.4, -0.2) is 24.0 Å². The van der Waals surface area contributed by atoms with E-state index in [9.17, 15) is 4.79 Å². The van der Waals surface area contributed by atoms with Crippen LogP contribution in [0.2, 0.25) is 0 Å². The van der Waals surface area contributed by atoms with Crippen molar-refractivity contribution in [3.63, 3.8) is 0 Å². The minimum absolute atomic E-state index is 0.0223. The molecule has 0 radical (unpaired) electrons. The maximum Gasteiger partial charge on any atom is 0.317 e. The summed E-state index contributed by atoms with van der Waals surface area (Å²) in [7, 11) is 0. The van der Waals surface area contributed by atoms with E-state index in [1.54, 1.807) is 11.2 Å². The zero-order valence-electron chi connectivity index (χ0n) is 10.5. The van der Waals surface area contributed by atoms with Crippen LogP contribution in [0.3, 0.4) is 0 Å². The van der Waals surface area contributed by atoms with E-state index < -0.39 is 0 Å². The van der Waals surface area contributed by atoms with Gasteiger partial charge in [-0.3, -0.25) is 0 Å². The summed E-state index contributed by atoms with van der Waals surface area (Å²) in [5.41, 5.74) is 1.15. The van der Waals surface area contributed by atoms with Crippen LogP contribution in [0.15, 0.2) is 16.7 Å². The van der Waals surface area contributed by atoms with Crippen LogP contribution in [-0.2, 0) is 6.42 Å². The number of hydrogen-bond donors (Lipinski definition) is 1. The highest BCUT2D eigenvalue weighted by molar-refractivity contribution is 5.74. The number of hydrogen-bond acceptors (Lipinski definition) is 2. The van der Waals surface area contributed by atoms with Crippen LogP contribution < -0.4 is 5.32 Å². The second kappa shape index (κ2) is 5.25. The Morgan fingerprint density at radius 2 is 2.29 bits per heavy atom. The Kier molecular flexibility index (Phi) is 3.71. The molecule has 0 saturated carbocycles. The molecule has 0 spiro atoms. The summed E-state index contributed by atoms with van der Waals surface area (Å²) < 4.78 is 5.42. The summed E-state index contributed by atoms with van der Waals surface area (Å²) in [5, 5.41) is 3.09. The van der Waals surface area contributed by atoms with Gasteiger partial charge in [0.1, 0.15) is 5.76 Å². The predicted molar refractivity (Wildman–Crippen MR) is 65.8 cm³/mol. The van der Waals surface area contributed by atoms with Gasteiger partial charge in [0.2, 0.25) is 0 Å². The highest BCUT2D eigenvalue weighted by Crippen LogP contribution is 2.30. The van der Waals surface area contributed by atoms with Crippen LogP contribution in [0, 0.1) is 0 Å². The van der Waals surface area contributed by atoms with Gasteiger partial charge in [-0.05, 0) is 32.8 Å². The van der Waals surface area contributed by atoms with E-state index in [1.165, 1.54) is 0 Å². The molecule has 1 aromatic heterocycles. The minimum atomic E-state index is 0.0223. The van der Waals surface area contributed by atoms with Gasteiger partial charge in [0.05, 0.1) is 12.3 Å². The van der Waals surface area contributed by atoms with E-state index in [4.69, 9.17) is 4.42 Å². The molecule has 2 rings (SSSR count). The molecule has 1 N–H and O–H groups in total. The molecule has 0 fully saturated rings. The fraction of sp³-hybridized carbons (Fsp3) is 0.615. The SMILES string of the molecule is CCN(CC)C(=O)N[C@H]1CCCc2occc21. The van der Waals surface area contributed by atoms with Gasteiger partial charge in [0.25, 0.3) is 0 Å². The molecule has 1 aliphatic rings. The van der Waals surface area contributed by atoms with Crippen LogP contribution >= 0.6 is 0 Å². The molecule has 4 nitrogen and oxygen atoms in total. The van der Waals surface area contributed by atoms with Gasteiger partial charge in [-0.1, -0.05) is 0 Å². The molecule has 0 aliphatic heterocycles. The number of urea groups is 1. The number of nitrogens with one attached hydrogen (secondary N) is 1. The number of carbonyl (C=O) groups is 1. The van der Waals surface area contributed by atoms with Crippen molar-refractivity contribution in [2.24, 2.45) is 0 Å². The molecule has 4 heteroatoms. The Labute approximate surface area is 102 Å². The quantitative estimate of drug-likeness (QED) is 0.877. The Hall–Kier alpha value is -1.45. The first-order valence-corrected chi connectivity index (χ1v) is 6.38. The predicted octanol–water partition coefficient (Wildman–Crippen LogP) is 2.71. The summed E-state index contributed by atoms with van der Waals surface area (Å²) in [6, 6.07) is 2.11. The van der Waals surface area contributed by atoms with Crippen molar-refractivity contribution in [2.75, 3.05) is 13.1 Å². The smallest absolute Gasteiger partial charge is 0.317 e. The van der Waals surface area contributed by atoms with E-state index in [-0.39, 0.29) is 12.1 Å². The lowest BCUT2D eigenvalue weighted by atomic mass is 9.93. The molecule has 1 aromatic rings. The molecule has 2 amide bonds. The normalized spacial score (nSPS) is 18.6. The lowest BCUT2D eigenvalue weighted by Gasteiger charge is -2.26. The Bertz CT molecular complexity index is 383. The average Bonchev–Trinajstić information content (AvgIpc) is 2.80. The number of rotatable bonds is 3. The monoisotopic (exact) mass is 236 g/mol. The summed E-state index contributed by atoms with van der Waals surface area (Å²) >= 11 is 0. The summed E-state index contributed by atoms with van der Waals surface area (Å²) in [6.07, 6.45) is 4.77. The van der Waals surface area contributed by atoms with E-state index in [0.29, 0.717) is 0 Å². The fourth-order valence-electron chi connectivity index (χ4n) is 2.39. The molecule has 1 heterocycles. The van der Waals surface area contributed by atoms with E-state index in [1.807, 2.05) is 19.9 Å². The Balaban J connectivity index is 2.04. The lowest BCUT2D eigenvalue weighted by Crippen LogP contribution is -2.42. The van der Waals surface area contributed by atoms with Gasteiger partial charge in [-0.25, -0.2) is 4.79 Å². The van der Waals surface area contributed by atoms with Gasteiger partial charge in [-0.2, -0.15) is 0 Å². The molecule has 17 heavy (non-hydrogen) atoms. The number of amides is 2. The third-order valence-electron chi connectivity index (χ3n) is 3.40. The number of aryl methyl sites for hydroxylation is 1. The van der Waals surface area contributed by atoms with Crippen LogP contribution in [0.5, 0.6) is 0 Å². The van der Waals surface area contributed by atoms with E-state index >= 15 is 0 Å². The first kappa shape index (κ1) is 12.0. The Morgan fingerprint density at radius 3 is 3.00 bits per heavy atom. The first-order valence-electron chi connectivity index (χ1n) is 6.38. The molecular weight excluding hydrogens is 216 g/mol. The maximum atomic E-state index is 12.0.